The van der Waals surface area contributed by atoms with E-state index in [1.165, 1.54) is 18.5 Å². The topological polar surface area (TPSA) is 15.3 Å². The monoisotopic (exact) mass is 254 g/mol. The Morgan fingerprint density at radius 2 is 2.12 bits per heavy atom. The Kier molecular flexibility index (Phi) is 5.79. The first-order valence-corrected chi connectivity index (χ1v) is 6.63. The van der Waals surface area contributed by atoms with E-state index in [-0.39, 0.29) is 0 Å². The van der Waals surface area contributed by atoms with E-state index in [0.29, 0.717) is 6.04 Å². The maximum Gasteiger partial charge on any atom is 0.0471 e. The summed E-state index contributed by atoms with van der Waals surface area (Å²) in [6.45, 7) is 5.28. The van der Waals surface area contributed by atoms with Crippen LogP contribution in [0.1, 0.15) is 32.3 Å². The smallest absolute Gasteiger partial charge is 0.0471 e. The van der Waals surface area contributed by atoms with Gasteiger partial charge in [0.1, 0.15) is 0 Å². The normalized spacial score (nSPS) is 12.5. The number of nitrogens with one attached hydrogen (secondary N) is 1. The van der Waals surface area contributed by atoms with Crippen molar-refractivity contribution in [1.29, 1.82) is 0 Å². The molecule has 1 aromatic rings. The third-order valence-corrected chi connectivity index (χ3v) is 3.53. The van der Waals surface area contributed by atoms with Crippen molar-refractivity contribution in [3.8, 4) is 0 Å². The van der Waals surface area contributed by atoms with Crippen molar-refractivity contribution in [3.05, 3.63) is 28.8 Å². The summed E-state index contributed by atoms with van der Waals surface area (Å²) in [6, 6.07) is 6.85. The summed E-state index contributed by atoms with van der Waals surface area (Å²) in [6.07, 6.45) is 2.41. The van der Waals surface area contributed by atoms with Gasteiger partial charge in [-0.15, -0.1) is 0 Å². The zero-order chi connectivity index (χ0) is 12.8. The van der Waals surface area contributed by atoms with E-state index in [1.807, 2.05) is 7.05 Å². The molecule has 0 fully saturated rings. The average Bonchev–Trinajstić information content (AvgIpc) is 2.31. The molecule has 0 aliphatic carbocycles. The van der Waals surface area contributed by atoms with Crippen molar-refractivity contribution in [1.82, 2.24) is 5.32 Å². The minimum atomic E-state index is 0.547. The summed E-state index contributed by atoms with van der Waals surface area (Å²) in [5, 5.41) is 3.96. The highest BCUT2D eigenvalue weighted by molar-refractivity contribution is 6.31. The van der Waals surface area contributed by atoms with Crippen LogP contribution < -0.4 is 10.2 Å². The van der Waals surface area contributed by atoms with Crippen LogP contribution in [0.25, 0.3) is 0 Å². The third kappa shape index (κ3) is 3.90. The van der Waals surface area contributed by atoms with Crippen LogP contribution in [0.5, 0.6) is 0 Å². The Morgan fingerprint density at radius 3 is 2.65 bits per heavy atom. The number of nitrogens with zero attached hydrogens (tertiary/aromatic N) is 1. The highest BCUT2D eigenvalue weighted by Crippen LogP contribution is 2.25. The highest BCUT2D eigenvalue weighted by atomic mass is 35.5. The van der Waals surface area contributed by atoms with Gasteiger partial charge in [0.05, 0.1) is 0 Å². The molecule has 17 heavy (non-hydrogen) atoms. The Bertz CT molecular complexity index is 352. The van der Waals surface area contributed by atoms with Crippen LogP contribution in [0.2, 0.25) is 5.02 Å². The number of anilines is 1. The molecular weight excluding hydrogens is 232 g/mol. The molecule has 0 aliphatic heterocycles. The molecule has 0 spiro atoms. The van der Waals surface area contributed by atoms with Gasteiger partial charge >= 0.3 is 0 Å². The molecule has 0 aliphatic rings. The molecule has 0 saturated carbocycles. The lowest BCUT2D eigenvalue weighted by atomic mass is 10.1. The molecule has 0 bridgehead atoms. The first-order valence-electron chi connectivity index (χ1n) is 6.26. The zero-order valence-corrected chi connectivity index (χ0v) is 12.0. The quantitative estimate of drug-likeness (QED) is 0.833. The second-order valence-electron chi connectivity index (χ2n) is 4.55. The summed E-state index contributed by atoms with van der Waals surface area (Å²) in [4.78, 5) is 2.29. The van der Waals surface area contributed by atoms with E-state index in [2.05, 4.69) is 49.3 Å². The molecule has 1 atom stereocenters. The SMILES string of the molecule is CCCC(C)N(C)c1ccc(CNC)c(Cl)c1. The summed E-state index contributed by atoms with van der Waals surface area (Å²) in [5.41, 5.74) is 2.34. The Morgan fingerprint density at radius 1 is 1.41 bits per heavy atom. The van der Waals surface area contributed by atoms with Gasteiger partial charge in [0.25, 0.3) is 0 Å². The van der Waals surface area contributed by atoms with Crippen LogP contribution in [0.15, 0.2) is 18.2 Å². The molecule has 1 unspecified atom stereocenters. The van der Waals surface area contributed by atoms with Crippen molar-refractivity contribution >= 4 is 17.3 Å². The van der Waals surface area contributed by atoms with E-state index in [1.54, 1.807) is 0 Å². The molecule has 0 amide bonds. The summed E-state index contributed by atoms with van der Waals surface area (Å²) in [5.74, 6) is 0. The lowest BCUT2D eigenvalue weighted by Gasteiger charge is -2.27. The van der Waals surface area contributed by atoms with Gasteiger partial charge < -0.3 is 10.2 Å². The number of hydrogen-bond donors (Lipinski definition) is 1. The maximum atomic E-state index is 6.27. The molecule has 1 N–H and O–H groups in total. The number of hydrogen-bond acceptors (Lipinski definition) is 2. The Hall–Kier alpha value is -0.730. The molecule has 96 valence electrons. The van der Waals surface area contributed by atoms with Crippen molar-refractivity contribution in [2.24, 2.45) is 0 Å². The second-order valence-corrected chi connectivity index (χ2v) is 4.96. The molecule has 0 radical (unpaired) electrons. The van der Waals surface area contributed by atoms with E-state index in [4.69, 9.17) is 11.6 Å². The minimum Gasteiger partial charge on any atom is -0.372 e. The average molecular weight is 255 g/mol. The standard InChI is InChI=1S/C14H23ClN2/c1-5-6-11(2)17(4)13-8-7-12(10-16-3)14(15)9-13/h7-9,11,16H,5-6,10H2,1-4H3. The minimum absolute atomic E-state index is 0.547. The van der Waals surface area contributed by atoms with E-state index >= 15 is 0 Å². The predicted octanol–water partition coefficient (Wildman–Crippen LogP) is 3.68. The first kappa shape index (κ1) is 14.3. The van der Waals surface area contributed by atoms with Gasteiger partial charge in [-0.25, -0.2) is 0 Å². The number of halogens is 1. The van der Waals surface area contributed by atoms with Gasteiger partial charge in [-0.2, -0.15) is 0 Å². The molecule has 3 heteroatoms. The van der Waals surface area contributed by atoms with Gasteiger partial charge in [-0.1, -0.05) is 31.0 Å². The van der Waals surface area contributed by atoms with E-state index in [0.717, 1.165) is 17.1 Å². The van der Waals surface area contributed by atoms with E-state index in [9.17, 15) is 0 Å². The number of benzene rings is 1. The second kappa shape index (κ2) is 6.87. The highest BCUT2D eigenvalue weighted by Gasteiger charge is 2.10. The molecule has 1 aromatic carbocycles. The van der Waals surface area contributed by atoms with Crippen molar-refractivity contribution in [2.45, 2.75) is 39.3 Å². The largest absolute Gasteiger partial charge is 0.372 e. The first-order chi connectivity index (χ1) is 8.10. The summed E-state index contributed by atoms with van der Waals surface area (Å²) in [7, 11) is 4.06. The molecule has 0 saturated heterocycles. The number of rotatable bonds is 6. The lowest BCUT2D eigenvalue weighted by Crippen LogP contribution is -2.28. The fourth-order valence-corrected chi connectivity index (χ4v) is 2.20. The fraction of sp³-hybridized carbons (Fsp3) is 0.571. The van der Waals surface area contributed by atoms with Gasteiger partial charge in [-0.05, 0) is 38.1 Å². The van der Waals surface area contributed by atoms with E-state index < -0.39 is 0 Å². The zero-order valence-electron chi connectivity index (χ0n) is 11.3. The van der Waals surface area contributed by atoms with Crippen LogP contribution >= 0.6 is 11.6 Å². The Labute approximate surface area is 110 Å². The van der Waals surface area contributed by atoms with Crippen LogP contribution in [-0.4, -0.2) is 20.1 Å². The lowest BCUT2D eigenvalue weighted by molar-refractivity contribution is 0.616. The Balaban J connectivity index is 2.81. The summed E-state index contributed by atoms with van der Waals surface area (Å²) < 4.78 is 0. The molecule has 0 heterocycles. The summed E-state index contributed by atoms with van der Waals surface area (Å²) >= 11 is 6.27. The van der Waals surface area contributed by atoms with Crippen LogP contribution in [-0.2, 0) is 6.54 Å². The van der Waals surface area contributed by atoms with Crippen molar-refractivity contribution < 1.29 is 0 Å². The van der Waals surface area contributed by atoms with Crippen LogP contribution in [0.4, 0.5) is 5.69 Å². The molecule has 2 nitrogen and oxygen atoms in total. The predicted molar refractivity (Wildman–Crippen MR) is 77.0 cm³/mol. The third-order valence-electron chi connectivity index (χ3n) is 3.18. The van der Waals surface area contributed by atoms with Gasteiger partial charge in [0, 0.05) is 30.3 Å². The maximum absolute atomic E-state index is 6.27. The van der Waals surface area contributed by atoms with Crippen molar-refractivity contribution in [3.63, 3.8) is 0 Å². The van der Waals surface area contributed by atoms with Gasteiger partial charge in [-0.3, -0.25) is 0 Å². The molecule has 0 aromatic heterocycles. The van der Waals surface area contributed by atoms with Crippen LogP contribution in [0, 0.1) is 0 Å². The van der Waals surface area contributed by atoms with Crippen molar-refractivity contribution in [2.75, 3.05) is 19.0 Å². The molecule has 1 rings (SSSR count). The van der Waals surface area contributed by atoms with Crippen LogP contribution in [0.3, 0.4) is 0 Å². The van der Waals surface area contributed by atoms with Gasteiger partial charge in [0.2, 0.25) is 0 Å². The fourth-order valence-electron chi connectivity index (χ4n) is 1.96. The molecular formula is C14H23ClN2. The van der Waals surface area contributed by atoms with Gasteiger partial charge in [0.15, 0.2) is 0 Å².